The zero-order valence-electron chi connectivity index (χ0n) is 14.0. The van der Waals surface area contributed by atoms with Crippen LogP contribution in [0.5, 0.6) is 17.2 Å². The van der Waals surface area contributed by atoms with Crippen molar-refractivity contribution in [3.8, 4) is 17.2 Å². The van der Waals surface area contributed by atoms with Gasteiger partial charge in [0.05, 0.1) is 13.2 Å². The van der Waals surface area contributed by atoms with Crippen LogP contribution in [0.1, 0.15) is 26.7 Å². The minimum Gasteiger partial charge on any atom is -0.490 e. The fourth-order valence-electron chi connectivity index (χ4n) is 1.93. The molecule has 5 nitrogen and oxygen atoms in total. The van der Waals surface area contributed by atoms with Crippen LogP contribution in [0.15, 0.2) is 54.6 Å². The van der Waals surface area contributed by atoms with Crippen LogP contribution in [-0.2, 0) is 9.09 Å². The quantitative estimate of drug-likeness (QED) is 0.420. The van der Waals surface area contributed by atoms with E-state index in [-0.39, 0.29) is 6.61 Å². The first kappa shape index (κ1) is 18.4. The average Bonchev–Trinajstić information content (AvgIpc) is 2.57. The molecular weight excluding hydrogens is 327 g/mol. The number of ether oxygens (including phenoxy) is 1. The number of phosphoric acid groups is 1. The summed E-state index contributed by atoms with van der Waals surface area (Å²) in [6, 6.07) is 15.9. The lowest BCUT2D eigenvalue weighted by molar-refractivity contribution is 0.214. The largest absolute Gasteiger partial charge is 0.587 e. The smallest absolute Gasteiger partial charge is 0.490 e. The zero-order valence-corrected chi connectivity index (χ0v) is 14.9. The third-order valence-electron chi connectivity index (χ3n) is 3.06. The highest BCUT2D eigenvalue weighted by atomic mass is 31.2. The van der Waals surface area contributed by atoms with Gasteiger partial charge in [-0.3, -0.25) is 4.52 Å². The number of rotatable bonds is 10. The van der Waals surface area contributed by atoms with Crippen LogP contribution in [0, 0.1) is 0 Å². The Labute approximate surface area is 143 Å². The summed E-state index contributed by atoms with van der Waals surface area (Å²) < 4.78 is 35.0. The Balaban J connectivity index is 2.16. The van der Waals surface area contributed by atoms with Crippen LogP contribution < -0.4 is 13.8 Å². The third-order valence-corrected chi connectivity index (χ3v) is 4.49. The zero-order chi connectivity index (χ0) is 17.3. The lowest BCUT2D eigenvalue weighted by Gasteiger charge is -2.20. The first-order valence-corrected chi connectivity index (χ1v) is 9.53. The summed E-state index contributed by atoms with van der Waals surface area (Å²) in [5.41, 5.74) is 0. The molecule has 0 bridgehead atoms. The molecule has 1 atom stereocenters. The van der Waals surface area contributed by atoms with Crippen molar-refractivity contribution in [3.63, 3.8) is 0 Å². The maximum atomic E-state index is 12.9. The van der Waals surface area contributed by atoms with E-state index in [0.717, 1.165) is 12.8 Å². The van der Waals surface area contributed by atoms with E-state index in [0.29, 0.717) is 23.9 Å². The minimum atomic E-state index is -3.81. The Morgan fingerprint density at radius 3 is 2.21 bits per heavy atom. The minimum absolute atomic E-state index is 0.197. The van der Waals surface area contributed by atoms with E-state index >= 15 is 0 Å². The van der Waals surface area contributed by atoms with Gasteiger partial charge in [0.15, 0.2) is 11.5 Å². The number of benzene rings is 2. The molecule has 1 unspecified atom stereocenters. The summed E-state index contributed by atoms with van der Waals surface area (Å²) in [6.45, 7) is 4.58. The molecule has 24 heavy (non-hydrogen) atoms. The molecule has 0 aliphatic heterocycles. The van der Waals surface area contributed by atoms with E-state index < -0.39 is 7.82 Å². The van der Waals surface area contributed by atoms with E-state index in [2.05, 4.69) is 6.92 Å². The van der Waals surface area contributed by atoms with Gasteiger partial charge in [-0.1, -0.05) is 43.7 Å². The summed E-state index contributed by atoms with van der Waals surface area (Å²) in [5, 5.41) is 0. The Morgan fingerprint density at radius 2 is 1.54 bits per heavy atom. The molecule has 0 saturated carbocycles. The van der Waals surface area contributed by atoms with Gasteiger partial charge in [0, 0.05) is 0 Å². The maximum absolute atomic E-state index is 12.9. The van der Waals surface area contributed by atoms with E-state index in [1.807, 2.05) is 12.1 Å². The van der Waals surface area contributed by atoms with Crippen molar-refractivity contribution in [1.29, 1.82) is 0 Å². The molecule has 0 aliphatic rings. The van der Waals surface area contributed by atoms with Crippen LogP contribution >= 0.6 is 7.82 Å². The molecule has 0 aliphatic carbocycles. The van der Waals surface area contributed by atoms with Crippen molar-refractivity contribution < 1.29 is 22.9 Å². The molecule has 0 fully saturated rings. The Hall–Kier alpha value is -1.97. The van der Waals surface area contributed by atoms with Gasteiger partial charge in [-0.15, -0.1) is 0 Å². The molecule has 0 spiro atoms. The van der Waals surface area contributed by atoms with Crippen LogP contribution in [-0.4, -0.2) is 13.2 Å². The first-order chi connectivity index (χ1) is 11.7. The van der Waals surface area contributed by atoms with Crippen LogP contribution in [0.25, 0.3) is 0 Å². The Bertz CT molecular complexity index is 659. The van der Waals surface area contributed by atoms with Crippen molar-refractivity contribution >= 4 is 7.82 Å². The van der Waals surface area contributed by atoms with Crippen molar-refractivity contribution in [2.45, 2.75) is 26.7 Å². The predicted octanol–water partition coefficient (Wildman–Crippen LogP) is 5.47. The first-order valence-electron chi connectivity index (χ1n) is 8.07. The van der Waals surface area contributed by atoms with Crippen molar-refractivity contribution in [2.75, 3.05) is 13.2 Å². The molecule has 130 valence electrons. The van der Waals surface area contributed by atoms with E-state index in [1.165, 1.54) is 0 Å². The molecule has 0 radical (unpaired) electrons. The van der Waals surface area contributed by atoms with Gasteiger partial charge < -0.3 is 13.8 Å². The van der Waals surface area contributed by atoms with Gasteiger partial charge in [0.2, 0.25) is 0 Å². The topological polar surface area (TPSA) is 54.0 Å². The number of hydrogen-bond donors (Lipinski definition) is 0. The summed E-state index contributed by atoms with van der Waals surface area (Å²) in [4.78, 5) is 0. The van der Waals surface area contributed by atoms with Crippen LogP contribution in [0.4, 0.5) is 0 Å². The highest BCUT2D eigenvalue weighted by Gasteiger charge is 2.31. The van der Waals surface area contributed by atoms with Gasteiger partial charge in [-0.2, -0.15) is 0 Å². The SMILES string of the molecule is CCCCOc1ccccc1OP(=O)(OCC)Oc1ccccc1. The molecule has 2 rings (SSSR count). The van der Waals surface area contributed by atoms with Crippen LogP contribution in [0.3, 0.4) is 0 Å². The third kappa shape index (κ3) is 5.59. The average molecular weight is 350 g/mol. The van der Waals surface area contributed by atoms with Gasteiger partial charge in [-0.25, -0.2) is 4.57 Å². The van der Waals surface area contributed by atoms with Crippen LogP contribution in [0.2, 0.25) is 0 Å². The monoisotopic (exact) mass is 350 g/mol. The van der Waals surface area contributed by atoms with E-state index in [4.69, 9.17) is 18.3 Å². The Morgan fingerprint density at radius 1 is 0.875 bits per heavy atom. The fraction of sp³-hybridized carbons (Fsp3) is 0.333. The second-order valence-corrected chi connectivity index (χ2v) is 6.53. The molecular formula is C18H23O5P. The molecule has 0 amide bonds. The Kier molecular flexibility index (Phi) is 7.16. The summed E-state index contributed by atoms with van der Waals surface area (Å²) >= 11 is 0. The second kappa shape index (κ2) is 9.36. The van der Waals surface area contributed by atoms with Crippen molar-refractivity contribution in [1.82, 2.24) is 0 Å². The fourth-order valence-corrected chi connectivity index (χ4v) is 3.16. The van der Waals surface area contributed by atoms with Gasteiger partial charge in [-0.05, 0) is 37.6 Å². The number of hydrogen-bond acceptors (Lipinski definition) is 5. The van der Waals surface area contributed by atoms with E-state index in [1.54, 1.807) is 49.4 Å². The molecule has 0 N–H and O–H groups in total. The molecule has 2 aromatic rings. The lowest BCUT2D eigenvalue weighted by Crippen LogP contribution is -2.06. The van der Waals surface area contributed by atoms with Gasteiger partial charge >= 0.3 is 7.82 Å². The predicted molar refractivity (Wildman–Crippen MR) is 93.8 cm³/mol. The van der Waals surface area contributed by atoms with Crippen molar-refractivity contribution in [2.24, 2.45) is 0 Å². The highest BCUT2D eigenvalue weighted by molar-refractivity contribution is 7.49. The van der Waals surface area contributed by atoms with E-state index in [9.17, 15) is 4.57 Å². The molecule has 0 heterocycles. The summed E-state index contributed by atoms with van der Waals surface area (Å²) in [6.07, 6.45) is 1.95. The molecule has 2 aromatic carbocycles. The molecule has 0 saturated heterocycles. The normalized spacial score (nSPS) is 13.1. The number of phosphoric ester groups is 1. The van der Waals surface area contributed by atoms with Crippen molar-refractivity contribution in [3.05, 3.63) is 54.6 Å². The second-order valence-electron chi connectivity index (χ2n) is 5.01. The highest BCUT2D eigenvalue weighted by Crippen LogP contribution is 2.51. The maximum Gasteiger partial charge on any atom is 0.587 e. The number of unbranched alkanes of at least 4 members (excludes halogenated alkanes) is 1. The lowest BCUT2D eigenvalue weighted by atomic mass is 10.3. The summed E-state index contributed by atoms with van der Waals surface area (Å²) in [5.74, 6) is 1.27. The standard InChI is InChI=1S/C18H23O5P/c1-3-5-15-20-17-13-9-10-14-18(17)23-24(19,21-4-2)22-16-11-7-6-8-12-16/h6-14H,3-5,15H2,1-2H3. The van der Waals surface area contributed by atoms with Gasteiger partial charge in [0.1, 0.15) is 5.75 Å². The molecule has 0 aromatic heterocycles. The number of para-hydroxylation sites is 3. The van der Waals surface area contributed by atoms with Gasteiger partial charge in [0.25, 0.3) is 0 Å². The molecule has 6 heteroatoms. The summed E-state index contributed by atoms with van der Waals surface area (Å²) in [7, 11) is -3.81.